The molecule has 0 unspecified atom stereocenters. The molecule has 0 aliphatic carbocycles. The van der Waals surface area contributed by atoms with E-state index in [4.69, 9.17) is 0 Å². The molecule has 0 aromatic carbocycles. The second-order valence-electron chi connectivity index (χ2n) is 5.36. The van der Waals surface area contributed by atoms with Crippen LogP contribution in [0.1, 0.15) is 17.7 Å². The van der Waals surface area contributed by atoms with Gasteiger partial charge in [0.05, 0.1) is 12.7 Å². The Kier molecular flexibility index (Phi) is 4.16. The van der Waals surface area contributed by atoms with E-state index >= 15 is 0 Å². The van der Waals surface area contributed by atoms with E-state index in [9.17, 15) is 4.79 Å². The minimum atomic E-state index is 0.266. The van der Waals surface area contributed by atoms with Gasteiger partial charge < -0.3 is 9.47 Å². The number of hydrogen-bond acceptors (Lipinski definition) is 3. The van der Waals surface area contributed by atoms with Crippen molar-refractivity contribution in [3.8, 4) is 0 Å². The van der Waals surface area contributed by atoms with Crippen molar-refractivity contribution in [3.05, 3.63) is 41.1 Å². The number of carbonyl (C=O) groups is 1. The third-order valence-electron chi connectivity index (χ3n) is 3.81. The second kappa shape index (κ2) is 6.22. The predicted molar refractivity (Wildman–Crippen MR) is 79.6 cm³/mol. The minimum absolute atomic E-state index is 0.266. The summed E-state index contributed by atoms with van der Waals surface area (Å²) in [4.78, 5) is 19.6. The lowest BCUT2D eigenvalue weighted by molar-refractivity contribution is -0.132. The highest BCUT2D eigenvalue weighted by Gasteiger charge is 2.23. The quantitative estimate of drug-likeness (QED) is 0.867. The number of rotatable bonds is 4. The van der Waals surface area contributed by atoms with E-state index in [1.54, 1.807) is 11.3 Å². The van der Waals surface area contributed by atoms with Gasteiger partial charge in [-0.05, 0) is 30.2 Å². The number of nitrogens with zero attached hydrogens (tertiary/aromatic N) is 3. The number of amides is 1. The van der Waals surface area contributed by atoms with Crippen LogP contribution in [-0.2, 0) is 17.8 Å². The van der Waals surface area contributed by atoms with Crippen LogP contribution in [0.15, 0.2) is 36.2 Å². The molecule has 20 heavy (non-hydrogen) atoms. The first-order valence-corrected chi connectivity index (χ1v) is 7.95. The van der Waals surface area contributed by atoms with E-state index in [-0.39, 0.29) is 5.91 Å². The third kappa shape index (κ3) is 3.28. The standard InChI is InChI=1S/C15H19N3OS/c19-15(9-14-4-2-8-20-14)18-6-1-3-13(11-18)10-17-7-5-16-12-17/h2,4-5,7-8,12-13H,1,3,6,9-11H2/t13-/m1/s1. The van der Waals surface area contributed by atoms with Gasteiger partial charge in [-0.2, -0.15) is 0 Å². The van der Waals surface area contributed by atoms with Crippen LogP contribution in [0.5, 0.6) is 0 Å². The number of aromatic nitrogens is 2. The molecule has 1 amide bonds. The van der Waals surface area contributed by atoms with E-state index < -0.39 is 0 Å². The van der Waals surface area contributed by atoms with Gasteiger partial charge in [-0.3, -0.25) is 4.79 Å². The van der Waals surface area contributed by atoms with E-state index in [0.29, 0.717) is 12.3 Å². The van der Waals surface area contributed by atoms with Gasteiger partial charge in [0.1, 0.15) is 0 Å². The SMILES string of the molecule is O=C(Cc1cccs1)N1CCC[C@H](Cn2ccnc2)C1. The van der Waals surface area contributed by atoms with Crippen LogP contribution in [0.25, 0.3) is 0 Å². The molecule has 0 saturated carbocycles. The van der Waals surface area contributed by atoms with Crippen LogP contribution in [0.3, 0.4) is 0 Å². The van der Waals surface area contributed by atoms with Gasteiger partial charge in [-0.15, -0.1) is 11.3 Å². The Bertz CT molecular complexity index is 535. The third-order valence-corrected chi connectivity index (χ3v) is 4.68. The molecular formula is C15H19N3OS. The highest BCUT2D eigenvalue weighted by molar-refractivity contribution is 7.10. The first-order chi connectivity index (χ1) is 9.81. The minimum Gasteiger partial charge on any atom is -0.342 e. The maximum Gasteiger partial charge on any atom is 0.227 e. The fraction of sp³-hybridized carbons (Fsp3) is 0.467. The van der Waals surface area contributed by atoms with Gasteiger partial charge in [0.25, 0.3) is 0 Å². The van der Waals surface area contributed by atoms with Crippen molar-refractivity contribution in [2.45, 2.75) is 25.8 Å². The summed E-state index contributed by atoms with van der Waals surface area (Å²) in [6.07, 6.45) is 8.51. The van der Waals surface area contributed by atoms with Crippen LogP contribution in [-0.4, -0.2) is 33.4 Å². The number of likely N-dealkylation sites (tertiary alicyclic amines) is 1. The van der Waals surface area contributed by atoms with Crippen molar-refractivity contribution in [1.82, 2.24) is 14.5 Å². The fourth-order valence-corrected chi connectivity index (χ4v) is 3.50. The maximum absolute atomic E-state index is 12.3. The molecule has 5 heteroatoms. The summed E-state index contributed by atoms with van der Waals surface area (Å²) in [5.74, 6) is 0.813. The van der Waals surface area contributed by atoms with Crippen molar-refractivity contribution >= 4 is 17.2 Å². The predicted octanol–water partition coefficient (Wildman–Crippen LogP) is 2.43. The molecule has 106 valence electrons. The second-order valence-corrected chi connectivity index (χ2v) is 6.40. The van der Waals surface area contributed by atoms with E-state index in [2.05, 4.69) is 9.55 Å². The maximum atomic E-state index is 12.3. The Hall–Kier alpha value is -1.62. The summed E-state index contributed by atoms with van der Waals surface area (Å²) < 4.78 is 2.11. The largest absolute Gasteiger partial charge is 0.342 e. The van der Waals surface area contributed by atoms with Gasteiger partial charge in [-0.25, -0.2) is 4.98 Å². The normalized spacial score (nSPS) is 19.2. The van der Waals surface area contributed by atoms with Crippen molar-refractivity contribution in [2.75, 3.05) is 13.1 Å². The lowest BCUT2D eigenvalue weighted by Gasteiger charge is -2.33. The summed E-state index contributed by atoms with van der Waals surface area (Å²) in [5.41, 5.74) is 0. The number of piperidine rings is 1. The number of carbonyl (C=O) groups excluding carboxylic acids is 1. The zero-order valence-electron chi connectivity index (χ0n) is 11.4. The molecule has 1 atom stereocenters. The molecule has 4 nitrogen and oxygen atoms in total. The Morgan fingerprint density at radius 1 is 1.50 bits per heavy atom. The summed E-state index contributed by atoms with van der Waals surface area (Å²) >= 11 is 1.66. The molecule has 0 spiro atoms. The molecule has 1 fully saturated rings. The molecule has 3 rings (SSSR count). The molecule has 1 saturated heterocycles. The molecule has 0 bridgehead atoms. The molecule has 0 radical (unpaired) electrons. The number of imidazole rings is 1. The van der Waals surface area contributed by atoms with Crippen molar-refractivity contribution < 1.29 is 4.79 Å². The average Bonchev–Trinajstić information content (AvgIpc) is 3.12. The van der Waals surface area contributed by atoms with E-state index in [1.807, 2.05) is 41.1 Å². The van der Waals surface area contributed by atoms with Crippen LogP contribution < -0.4 is 0 Å². The van der Waals surface area contributed by atoms with Gasteiger partial charge in [-0.1, -0.05) is 6.07 Å². The van der Waals surface area contributed by atoms with Crippen LogP contribution in [0.4, 0.5) is 0 Å². The summed E-state index contributed by atoms with van der Waals surface area (Å²) in [6, 6.07) is 4.04. The van der Waals surface area contributed by atoms with Crippen molar-refractivity contribution in [1.29, 1.82) is 0 Å². The molecule has 2 aromatic heterocycles. The smallest absolute Gasteiger partial charge is 0.227 e. The first kappa shape index (κ1) is 13.4. The average molecular weight is 289 g/mol. The zero-order chi connectivity index (χ0) is 13.8. The summed E-state index contributed by atoms with van der Waals surface area (Å²) in [5, 5.41) is 2.03. The monoisotopic (exact) mass is 289 g/mol. The Morgan fingerprint density at radius 3 is 3.20 bits per heavy atom. The summed E-state index contributed by atoms with van der Waals surface area (Å²) in [6.45, 7) is 2.75. The van der Waals surface area contributed by atoms with Crippen LogP contribution in [0.2, 0.25) is 0 Å². The molecule has 0 N–H and O–H groups in total. The highest BCUT2D eigenvalue weighted by atomic mass is 32.1. The molecule has 1 aliphatic heterocycles. The molecule has 2 aromatic rings. The topological polar surface area (TPSA) is 38.1 Å². The number of thiophene rings is 1. The Morgan fingerprint density at radius 2 is 2.45 bits per heavy atom. The van der Waals surface area contributed by atoms with E-state index in [1.165, 1.54) is 6.42 Å². The highest BCUT2D eigenvalue weighted by Crippen LogP contribution is 2.20. The lowest BCUT2D eigenvalue weighted by atomic mass is 9.97. The van der Waals surface area contributed by atoms with Crippen LogP contribution >= 0.6 is 11.3 Å². The van der Waals surface area contributed by atoms with Gasteiger partial charge in [0.15, 0.2) is 0 Å². The first-order valence-electron chi connectivity index (χ1n) is 7.07. The summed E-state index contributed by atoms with van der Waals surface area (Å²) in [7, 11) is 0. The van der Waals surface area contributed by atoms with Crippen molar-refractivity contribution in [3.63, 3.8) is 0 Å². The zero-order valence-corrected chi connectivity index (χ0v) is 12.3. The Balaban J connectivity index is 1.56. The Labute approximate surface area is 123 Å². The van der Waals surface area contributed by atoms with Crippen molar-refractivity contribution in [2.24, 2.45) is 5.92 Å². The molecule has 1 aliphatic rings. The lowest BCUT2D eigenvalue weighted by Crippen LogP contribution is -2.41. The van der Waals surface area contributed by atoms with Gasteiger partial charge >= 0.3 is 0 Å². The van der Waals surface area contributed by atoms with Gasteiger partial charge in [0.2, 0.25) is 5.91 Å². The molecule has 3 heterocycles. The van der Waals surface area contributed by atoms with Crippen LogP contribution in [0, 0.1) is 5.92 Å². The van der Waals surface area contributed by atoms with E-state index in [0.717, 1.165) is 30.9 Å². The number of hydrogen-bond donors (Lipinski definition) is 0. The molecular weight excluding hydrogens is 270 g/mol. The van der Waals surface area contributed by atoms with Gasteiger partial charge in [0, 0.05) is 36.9 Å². The fourth-order valence-electron chi connectivity index (χ4n) is 2.81.